The quantitative estimate of drug-likeness (QED) is 0.864. The van der Waals surface area contributed by atoms with Crippen molar-refractivity contribution in [2.24, 2.45) is 0 Å². The highest BCUT2D eigenvalue weighted by atomic mass is 35.5. The zero-order valence-corrected chi connectivity index (χ0v) is 13.4. The molecule has 0 radical (unpaired) electrons. The van der Waals surface area contributed by atoms with Crippen LogP contribution in [0, 0.1) is 0 Å². The molecular weight excluding hydrogens is 284 g/mol. The van der Waals surface area contributed by atoms with E-state index in [9.17, 15) is 5.11 Å². The fourth-order valence-electron chi connectivity index (χ4n) is 2.27. The molecule has 0 amide bonds. The molecule has 2 aromatic rings. The summed E-state index contributed by atoms with van der Waals surface area (Å²) >= 11 is 6.10. The zero-order valence-electron chi connectivity index (χ0n) is 12.6. The second-order valence-electron chi connectivity index (χ2n) is 5.51. The predicted octanol–water partition coefficient (Wildman–Crippen LogP) is 4.75. The molecule has 0 saturated carbocycles. The molecule has 1 N–H and O–H groups in total. The number of aliphatic hydroxyl groups excluding tert-OH is 1. The molecule has 0 aliphatic carbocycles. The number of ether oxygens (including phenoxy) is 1. The average molecular weight is 305 g/mol. The van der Waals surface area contributed by atoms with Crippen LogP contribution in [0.25, 0.3) is 0 Å². The van der Waals surface area contributed by atoms with Crippen LogP contribution >= 0.6 is 11.6 Å². The first-order valence-electron chi connectivity index (χ1n) is 7.11. The molecule has 2 aromatic carbocycles. The van der Waals surface area contributed by atoms with Gasteiger partial charge in [0, 0.05) is 6.42 Å². The van der Waals surface area contributed by atoms with Gasteiger partial charge in [0.1, 0.15) is 5.75 Å². The van der Waals surface area contributed by atoms with E-state index in [0.717, 1.165) is 11.1 Å². The zero-order chi connectivity index (χ0) is 15.4. The Morgan fingerprint density at radius 2 is 1.67 bits per heavy atom. The maximum Gasteiger partial charge on any atom is 0.137 e. The van der Waals surface area contributed by atoms with Crippen molar-refractivity contribution in [1.29, 1.82) is 0 Å². The van der Waals surface area contributed by atoms with Gasteiger partial charge < -0.3 is 9.84 Å². The smallest absolute Gasteiger partial charge is 0.137 e. The number of rotatable bonds is 5. The fraction of sp³-hybridized carbons (Fsp3) is 0.333. The fourth-order valence-corrected chi connectivity index (χ4v) is 2.54. The normalized spacial score (nSPS) is 12.5. The third-order valence-electron chi connectivity index (χ3n) is 3.64. The van der Waals surface area contributed by atoms with E-state index in [2.05, 4.69) is 38.1 Å². The maximum atomic E-state index is 10.3. The van der Waals surface area contributed by atoms with Gasteiger partial charge in [0.2, 0.25) is 0 Å². The minimum atomic E-state index is -0.571. The van der Waals surface area contributed by atoms with Crippen LogP contribution in [0.5, 0.6) is 5.75 Å². The van der Waals surface area contributed by atoms with Crippen molar-refractivity contribution in [1.82, 2.24) is 0 Å². The van der Waals surface area contributed by atoms with E-state index in [1.807, 2.05) is 6.07 Å². The molecule has 2 nitrogen and oxygen atoms in total. The molecule has 0 heterocycles. The first kappa shape index (κ1) is 15.9. The van der Waals surface area contributed by atoms with E-state index in [-0.39, 0.29) is 0 Å². The van der Waals surface area contributed by atoms with Gasteiger partial charge in [-0.05, 0) is 34.7 Å². The first-order chi connectivity index (χ1) is 10.0. The Kier molecular flexibility index (Phi) is 5.27. The summed E-state index contributed by atoms with van der Waals surface area (Å²) in [7, 11) is 1.58. The van der Waals surface area contributed by atoms with Crippen molar-refractivity contribution in [3.05, 3.63) is 64.2 Å². The topological polar surface area (TPSA) is 29.5 Å². The van der Waals surface area contributed by atoms with E-state index in [4.69, 9.17) is 16.3 Å². The Bertz CT molecular complexity index is 591. The van der Waals surface area contributed by atoms with Crippen LogP contribution in [0.1, 0.15) is 42.6 Å². The predicted molar refractivity (Wildman–Crippen MR) is 87.2 cm³/mol. The van der Waals surface area contributed by atoms with Gasteiger partial charge in [-0.2, -0.15) is 0 Å². The van der Waals surface area contributed by atoms with Crippen LogP contribution in [0.3, 0.4) is 0 Å². The summed E-state index contributed by atoms with van der Waals surface area (Å²) in [6.07, 6.45) is -0.000544. The molecule has 112 valence electrons. The summed E-state index contributed by atoms with van der Waals surface area (Å²) in [5.41, 5.74) is 3.22. The lowest BCUT2D eigenvalue weighted by Gasteiger charge is -2.13. The maximum absolute atomic E-state index is 10.3. The van der Waals surface area contributed by atoms with Crippen molar-refractivity contribution in [3.8, 4) is 5.75 Å². The Morgan fingerprint density at radius 3 is 2.19 bits per heavy atom. The molecule has 3 heteroatoms. The molecule has 0 aliphatic heterocycles. The van der Waals surface area contributed by atoms with E-state index in [1.54, 1.807) is 19.2 Å². The van der Waals surface area contributed by atoms with Crippen molar-refractivity contribution < 1.29 is 9.84 Å². The van der Waals surface area contributed by atoms with Gasteiger partial charge in [0.25, 0.3) is 0 Å². The van der Waals surface area contributed by atoms with Gasteiger partial charge in [-0.15, -0.1) is 0 Å². The van der Waals surface area contributed by atoms with Crippen molar-refractivity contribution in [2.75, 3.05) is 7.11 Å². The van der Waals surface area contributed by atoms with Gasteiger partial charge in [-0.3, -0.25) is 0 Å². The van der Waals surface area contributed by atoms with Gasteiger partial charge in [-0.25, -0.2) is 0 Å². The Morgan fingerprint density at radius 1 is 1.05 bits per heavy atom. The summed E-state index contributed by atoms with van der Waals surface area (Å²) in [6, 6.07) is 13.8. The molecule has 0 saturated heterocycles. The van der Waals surface area contributed by atoms with E-state index in [1.165, 1.54) is 5.56 Å². The van der Waals surface area contributed by atoms with E-state index in [0.29, 0.717) is 23.1 Å². The Hall–Kier alpha value is -1.51. The highest BCUT2D eigenvalue weighted by Crippen LogP contribution is 2.29. The number of methoxy groups -OCH3 is 1. The van der Waals surface area contributed by atoms with Gasteiger partial charge in [-0.1, -0.05) is 55.8 Å². The summed E-state index contributed by atoms with van der Waals surface area (Å²) in [5, 5.41) is 10.9. The van der Waals surface area contributed by atoms with Crippen molar-refractivity contribution >= 4 is 11.6 Å². The molecule has 0 aromatic heterocycles. The average Bonchev–Trinajstić information content (AvgIpc) is 2.47. The lowest BCUT2D eigenvalue weighted by Crippen LogP contribution is -2.02. The van der Waals surface area contributed by atoms with Crippen LogP contribution in [0.15, 0.2) is 42.5 Å². The molecule has 1 unspecified atom stereocenters. The summed E-state index contributed by atoms with van der Waals surface area (Å²) in [6.45, 7) is 4.34. The molecular formula is C18H21ClO2. The highest BCUT2D eigenvalue weighted by Gasteiger charge is 2.11. The lowest BCUT2D eigenvalue weighted by molar-refractivity contribution is 0.178. The van der Waals surface area contributed by atoms with Crippen LogP contribution in [0.4, 0.5) is 0 Å². The summed E-state index contributed by atoms with van der Waals surface area (Å²) in [5.74, 6) is 1.14. The standard InChI is InChI=1S/C18H21ClO2/c1-12(2)14-6-4-13(5-7-14)10-17(20)15-8-9-18(21-3)16(19)11-15/h4-9,11-12,17,20H,10H2,1-3H3. The van der Waals surface area contributed by atoms with Crippen LogP contribution in [-0.2, 0) is 6.42 Å². The molecule has 0 aliphatic rings. The Balaban J connectivity index is 2.10. The SMILES string of the molecule is COc1ccc(C(O)Cc2ccc(C(C)C)cc2)cc1Cl. The van der Waals surface area contributed by atoms with Crippen molar-refractivity contribution in [3.63, 3.8) is 0 Å². The Labute approximate surface area is 131 Å². The van der Waals surface area contributed by atoms with Crippen LogP contribution < -0.4 is 4.74 Å². The minimum absolute atomic E-state index is 0.518. The number of halogens is 1. The van der Waals surface area contributed by atoms with Gasteiger partial charge in [0.05, 0.1) is 18.2 Å². The largest absolute Gasteiger partial charge is 0.495 e. The molecule has 1 atom stereocenters. The first-order valence-corrected chi connectivity index (χ1v) is 7.49. The lowest BCUT2D eigenvalue weighted by atomic mass is 9.97. The number of benzene rings is 2. The monoisotopic (exact) mass is 304 g/mol. The second-order valence-corrected chi connectivity index (χ2v) is 5.92. The molecule has 0 spiro atoms. The molecule has 0 fully saturated rings. The van der Waals surface area contributed by atoms with E-state index < -0.39 is 6.10 Å². The summed E-state index contributed by atoms with van der Waals surface area (Å²) < 4.78 is 5.12. The number of aliphatic hydroxyl groups is 1. The minimum Gasteiger partial charge on any atom is -0.495 e. The van der Waals surface area contributed by atoms with Crippen LogP contribution in [-0.4, -0.2) is 12.2 Å². The van der Waals surface area contributed by atoms with Crippen molar-refractivity contribution in [2.45, 2.75) is 32.3 Å². The number of hydrogen-bond acceptors (Lipinski definition) is 2. The third kappa shape index (κ3) is 3.99. The number of hydrogen-bond donors (Lipinski definition) is 1. The third-order valence-corrected chi connectivity index (χ3v) is 3.93. The highest BCUT2D eigenvalue weighted by molar-refractivity contribution is 6.32. The molecule has 21 heavy (non-hydrogen) atoms. The second kappa shape index (κ2) is 6.97. The summed E-state index contributed by atoms with van der Waals surface area (Å²) in [4.78, 5) is 0. The van der Waals surface area contributed by atoms with Crippen LogP contribution in [0.2, 0.25) is 5.02 Å². The van der Waals surface area contributed by atoms with Gasteiger partial charge >= 0.3 is 0 Å². The molecule has 0 bridgehead atoms. The molecule has 2 rings (SSSR count). The van der Waals surface area contributed by atoms with Gasteiger partial charge in [0.15, 0.2) is 0 Å². The van der Waals surface area contributed by atoms with E-state index >= 15 is 0 Å².